The molecule has 8 heteroatoms. The summed E-state index contributed by atoms with van der Waals surface area (Å²) in [5, 5.41) is 23.8. The number of amides is 1. The number of anilines is 1. The Bertz CT molecular complexity index is 640. The van der Waals surface area contributed by atoms with Gasteiger partial charge in [0.05, 0.1) is 21.2 Å². The Morgan fingerprint density at radius 2 is 2.05 bits per heavy atom. The number of nitrogens with zero attached hydrogens (tertiary/aromatic N) is 1. The summed E-state index contributed by atoms with van der Waals surface area (Å²) in [6, 6.07) is 1.04. The third kappa shape index (κ3) is 2.08. The normalized spacial score (nSPS) is 19.6. The second-order valence-electron chi connectivity index (χ2n) is 5.30. The molecule has 1 saturated carbocycles. The van der Waals surface area contributed by atoms with Crippen molar-refractivity contribution in [2.75, 3.05) is 5.32 Å². The first kappa shape index (κ1) is 13.9. The number of halogens is 1. The predicted octanol–water partition coefficient (Wildman–Crippen LogP) is 3.68. The van der Waals surface area contributed by atoms with Gasteiger partial charge in [-0.05, 0) is 25.7 Å². The van der Waals surface area contributed by atoms with E-state index in [0.717, 1.165) is 25.3 Å². The number of rotatable bonds is 1. The first-order valence-corrected chi connectivity index (χ1v) is 7.03. The highest BCUT2D eigenvalue weighted by atomic mass is 35.5. The van der Waals surface area contributed by atoms with Gasteiger partial charge in [0.1, 0.15) is 5.60 Å². The number of nitrogens with one attached hydrogen (secondary N) is 1. The molecule has 0 bridgehead atoms. The van der Waals surface area contributed by atoms with Crippen LogP contribution in [0.2, 0.25) is 5.02 Å². The lowest BCUT2D eigenvalue weighted by Crippen LogP contribution is -2.41. The van der Waals surface area contributed by atoms with Crippen LogP contribution in [-0.4, -0.2) is 16.1 Å². The van der Waals surface area contributed by atoms with E-state index in [2.05, 4.69) is 5.32 Å². The molecule has 1 fully saturated rings. The lowest BCUT2D eigenvalue weighted by atomic mass is 9.77. The summed E-state index contributed by atoms with van der Waals surface area (Å²) in [6.07, 6.45) is 2.99. The van der Waals surface area contributed by atoms with Crippen molar-refractivity contribution in [1.29, 1.82) is 0 Å². The zero-order chi connectivity index (χ0) is 15.2. The van der Waals surface area contributed by atoms with E-state index in [9.17, 15) is 20.0 Å². The monoisotopic (exact) mass is 312 g/mol. The highest BCUT2D eigenvalue weighted by molar-refractivity contribution is 6.34. The fraction of sp³-hybridized carbons (Fsp3) is 0.462. The van der Waals surface area contributed by atoms with E-state index in [0.29, 0.717) is 12.8 Å². The van der Waals surface area contributed by atoms with E-state index < -0.39 is 28.1 Å². The van der Waals surface area contributed by atoms with Crippen LogP contribution in [0.5, 0.6) is 5.75 Å². The van der Waals surface area contributed by atoms with Gasteiger partial charge in [0, 0.05) is 6.07 Å². The maximum absolute atomic E-state index is 11.8. The van der Waals surface area contributed by atoms with Gasteiger partial charge < -0.3 is 9.84 Å². The summed E-state index contributed by atoms with van der Waals surface area (Å²) in [5.74, 6) is -0.485. The van der Waals surface area contributed by atoms with Crippen molar-refractivity contribution >= 4 is 29.1 Å². The van der Waals surface area contributed by atoms with Crippen LogP contribution in [-0.2, 0) is 10.3 Å². The zero-order valence-electron chi connectivity index (χ0n) is 11.0. The Balaban J connectivity index is 2.27. The van der Waals surface area contributed by atoms with Gasteiger partial charge in [0.25, 0.3) is 0 Å². The van der Waals surface area contributed by atoms with E-state index >= 15 is 0 Å². The summed E-state index contributed by atoms with van der Waals surface area (Å²) in [7, 11) is 0. The number of fused-ring (bicyclic) bond motifs is 2. The molecule has 112 valence electrons. The number of phenolic OH excluding ortho intramolecular Hbond substituents is 1. The third-order valence-electron chi connectivity index (χ3n) is 4.06. The zero-order valence-corrected chi connectivity index (χ0v) is 11.8. The lowest BCUT2D eigenvalue weighted by molar-refractivity contribution is -0.386. The number of ether oxygens (including phenoxy) is 1. The summed E-state index contributed by atoms with van der Waals surface area (Å²) in [6.45, 7) is 0. The summed E-state index contributed by atoms with van der Waals surface area (Å²) >= 11 is 6.05. The number of carbonyl (C=O) groups is 1. The Labute approximate surface area is 125 Å². The van der Waals surface area contributed by atoms with E-state index in [1.54, 1.807) is 0 Å². The second kappa shape index (κ2) is 4.77. The highest BCUT2D eigenvalue weighted by Gasteiger charge is 2.47. The van der Waals surface area contributed by atoms with Crippen LogP contribution >= 0.6 is 11.6 Å². The first-order valence-electron chi connectivity index (χ1n) is 6.65. The second-order valence-corrected chi connectivity index (χ2v) is 5.71. The standard InChI is InChI=1S/C13H13ClN2O5/c14-7-6-8(16(19)20)11(17)9-10(7)15-12(18)21-13(9)4-2-1-3-5-13/h6,17H,1-5H2,(H,15,18). The number of aromatic hydroxyl groups is 1. The molecule has 0 aromatic heterocycles. The minimum atomic E-state index is -1.03. The molecule has 1 aliphatic heterocycles. The molecule has 1 aromatic rings. The third-order valence-corrected chi connectivity index (χ3v) is 4.36. The van der Waals surface area contributed by atoms with Crippen molar-refractivity contribution in [2.45, 2.75) is 37.7 Å². The van der Waals surface area contributed by atoms with Gasteiger partial charge in [-0.2, -0.15) is 0 Å². The van der Waals surface area contributed by atoms with Crippen LogP contribution in [0.25, 0.3) is 0 Å². The van der Waals surface area contributed by atoms with Crippen molar-refractivity contribution in [3.8, 4) is 5.75 Å². The molecule has 1 aromatic carbocycles. The number of benzene rings is 1. The minimum absolute atomic E-state index is 0.0242. The smallest absolute Gasteiger partial charge is 0.412 e. The van der Waals surface area contributed by atoms with Gasteiger partial charge in [0.2, 0.25) is 5.75 Å². The molecule has 21 heavy (non-hydrogen) atoms. The lowest BCUT2D eigenvalue weighted by Gasteiger charge is -2.41. The van der Waals surface area contributed by atoms with Crippen molar-refractivity contribution < 1.29 is 19.6 Å². The minimum Gasteiger partial charge on any atom is -0.502 e. The van der Waals surface area contributed by atoms with Gasteiger partial charge in [-0.15, -0.1) is 0 Å². The first-order chi connectivity index (χ1) is 9.94. The average molecular weight is 313 g/mol. The molecule has 0 atom stereocenters. The summed E-state index contributed by atoms with van der Waals surface area (Å²) in [5.41, 5.74) is -1.09. The molecule has 0 radical (unpaired) electrons. The van der Waals surface area contributed by atoms with E-state index in [-0.39, 0.29) is 16.3 Å². The van der Waals surface area contributed by atoms with Crippen molar-refractivity contribution in [3.63, 3.8) is 0 Å². The Morgan fingerprint density at radius 1 is 1.38 bits per heavy atom. The van der Waals surface area contributed by atoms with Gasteiger partial charge in [-0.3, -0.25) is 15.4 Å². The number of hydrogen-bond donors (Lipinski definition) is 2. The molecule has 0 saturated heterocycles. The number of phenols is 1. The van der Waals surface area contributed by atoms with Crippen molar-refractivity contribution in [2.24, 2.45) is 0 Å². The molecule has 3 rings (SSSR count). The molecule has 1 spiro atoms. The highest BCUT2D eigenvalue weighted by Crippen LogP contribution is 2.54. The van der Waals surface area contributed by atoms with Crippen LogP contribution < -0.4 is 5.32 Å². The number of hydrogen-bond acceptors (Lipinski definition) is 5. The van der Waals surface area contributed by atoms with Crippen molar-refractivity contribution in [1.82, 2.24) is 0 Å². The van der Waals surface area contributed by atoms with E-state index in [1.165, 1.54) is 0 Å². The van der Waals surface area contributed by atoms with Crippen molar-refractivity contribution in [3.05, 3.63) is 26.8 Å². The molecule has 1 amide bonds. The molecule has 2 N–H and O–H groups in total. The average Bonchev–Trinajstić information content (AvgIpc) is 2.42. The number of nitro groups is 1. The molecule has 1 aliphatic carbocycles. The van der Waals surface area contributed by atoms with Crippen LogP contribution in [0.15, 0.2) is 6.07 Å². The van der Waals surface area contributed by atoms with Gasteiger partial charge in [-0.1, -0.05) is 18.0 Å². The van der Waals surface area contributed by atoms with Gasteiger partial charge >= 0.3 is 11.8 Å². The molecule has 7 nitrogen and oxygen atoms in total. The number of carbonyl (C=O) groups excluding carboxylic acids is 1. The van der Waals surface area contributed by atoms with Crippen LogP contribution in [0.3, 0.4) is 0 Å². The van der Waals surface area contributed by atoms with E-state index in [1.807, 2.05) is 0 Å². The Morgan fingerprint density at radius 3 is 2.67 bits per heavy atom. The quantitative estimate of drug-likeness (QED) is 0.608. The maximum Gasteiger partial charge on any atom is 0.412 e. The van der Waals surface area contributed by atoms with Crippen LogP contribution in [0.4, 0.5) is 16.2 Å². The molecule has 2 aliphatic rings. The fourth-order valence-electron chi connectivity index (χ4n) is 3.16. The Kier molecular flexibility index (Phi) is 3.16. The number of nitro benzene ring substituents is 1. The molecular weight excluding hydrogens is 300 g/mol. The summed E-state index contributed by atoms with van der Waals surface area (Å²) in [4.78, 5) is 22.1. The fourth-order valence-corrected chi connectivity index (χ4v) is 3.41. The SMILES string of the molecule is O=C1Nc2c(Cl)cc([N+](=O)[O-])c(O)c2C2(CCCCC2)O1. The molecular formula is C13H13ClN2O5. The van der Waals surface area contributed by atoms with Crippen LogP contribution in [0, 0.1) is 10.1 Å². The molecule has 0 unspecified atom stereocenters. The van der Waals surface area contributed by atoms with E-state index in [4.69, 9.17) is 16.3 Å². The van der Waals surface area contributed by atoms with Gasteiger partial charge in [-0.25, -0.2) is 4.79 Å². The van der Waals surface area contributed by atoms with Gasteiger partial charge in [0.15, 0.2) is 0 Å². The molecule has 1 heterocycles. The largest absolute Gasteiger partial charge is 0.502 e. The Hall–Kier alpha value is -2.02. The predicted molar refractivity (Wildman–Crippen MR) is 74.6 cm³/mol. The topological polar surface area (TPSA) is 102 Å². The van der Waals surface area contributed by atoms with Crippen LogP contribution in [0.1, 0.15) is 37.7 Å². The maximum atomic E-state index is 11.8. The summed E-state index contributed by atoms with van der Waals surface area (Å²) < 4.78 is 5.42.